The number of hydrogen-bond donors (Lipinski definition) is 0. The van der Waals surface area contributed by atoms with Crippen molar-refractivity contribution in [1.29, 1.82) is 0 Å². The van der Waals surface area contributed by atoms with Crippen LogP contribution in [-0.2, 0) is 5.41 Å². The molecule has 0 bridgehead atoms. The van der Waals surface area contributed by atoms with Crippen molar-refractivity contribution >= 4 is 27.5 Å². The van der Waals surface area contributed by atoms with Crippen molar-refractivity contribution in [1.82, 2.24) is 9.38 Å². The van der Waals surface area contributed by atoms with Gasteiger partial charge in [-0.1, -0.05) is 70.5 Å². The molecule has 0 aliphatic carbocycles. The topological polar surface area (TPSA) is 17.3 Å². The van der Waals surface area contributed by atoms with Gasteiger partial charge in [-0.3, -0.25) is 4.40 Å². The highest BCUT2D eigenvalue weighted by molar-refractivity contribution is 5.98. The average molecular weight is 361 g/mol. The van der Waals surface area contributed by atoms with Crippen molar-refractivity contribution in [2.24, 2.45) is 0 Å². The number of aromatic nitrogens is 2. The fraction of sp³-hybridized carbons (Fsp3) is 0.320. The van der Waals surface area contributed by atoms with Gasteiger partial charge >= 0.3 is 0 Å². The number of allylic oxidation sites excluding steroid dienone is 1. The van der Waals surface area contributed by atoms with Crippen molar-refractivity contribution in [3.63, 3.8) is 0 Å². The Morgan fingerprint density at radius 2 is 1.59 bits per heavy atom. The minimum atomic E-state index is 0.148. The predicted molar refractivity (Wildman–Crippen MR) is 121 cm³/mol. The molecule has 0 saturated carbocycles. The smallest absolute Gasteiger partial charge is 0.145 e. The zero-order valence-corrected chi connectivity index (χ0v) is 17.8. The van der Waals surface area contributed by atoms with Gasteiger partial charge in [-0.15, -0.1) is 6.58 Å². The maximum absolute atomic E-state index is 4.83. The number of nitrogens with zero attached hydrogens (tertiary/aromatic N) is 2. The minimum absolute atomic E-state index is 0.148. The molecule has 2 heterocycles. The quantitative estimate of drug-likeness (QED) is 0.296. The highest BCUT2D eigenvalue weighted by atomic mass is 15.0. The Morgan fingerprint density at radius 1 is 0.963 bits per heavy atom. The van der Waals surface area contributed by atoms with Crippen LogP contribution < -0.4 is 0 Å². The first-order valence-corrected chi connectivity index (χ1v) is 9.69. The fourth-order valence-electron chi connectivity index (χ4n) is 2.90. The Hall–Kier alpha value is -2.61. The molecule has 0 amide bonds. The molecule has 0 unspecified atom stereocenters. The molecule has 0 aliphatic rings. The third-order valence-corrected chi connectivity index (χ3v) is 4.16. The molecule has 0 N–H and O–H groups in total. The van der Waals surface area contributed by atoms with Gasteiger partial charge in [-0.25, -0.2) is 4.98 Å². The van der Waals surface area contributed by atoms with Crippen LogP contribution in [0.4, 0.5) is 0 Å². The van der Waals surface area contributed by atoms with Crippen LogP contribution >= 0.6 is 0 Å². The lowest BCUT2D eigenvalue weighted by molar-refractivity contribution is 0.591. The summed E-state index contributed by atoms with van der Waals surface area (Å²) in [6.07, 6.45) is 2.12. The summed E-state index contributed by atoms with van der Waals surface area (Å²) < 4.78 is 2.20. The second kappa shape index (κ2) is 8.39. The molecule has 2 aromatic carbocycles. The van der Waals surface area contributed by atoms with Crippen molar-refractivity contribution in [2.45, 2.75) is 53.9 Å². The van der Waals surface area contributed by atoms with Crippen molar-refractivity contribution in [3.8, 4) is 0 Å². The van der Waals surface area contributed by atoms with E-state index in [1.165, 1.54) is 27.4 Å². The summed E-state index contributed by atoms with van der Waals surface area (Å²) in [5, 5.41) is 2.44. The third kappa shape index (κ3) is 4.57. The van der Waals surface area contributed by atoms with E-state index in [2.05, 4.69) is 86.5 Å². The number of benzene rings is 2. The van der Waals surface area contributed by atoms with E-state index in [4.69, 9.17) is 4.98 Å². The molecule has 0 aliphatic heterocycles. The van der Waals surface area contributed by atoms with Gasteiger partial charge in [0.2, 0.25) is 0 Å². The maximum atomic E-state index is 4.83. The standard InChI is InChI=1S/C19H18N2.C4H8.C2H6/c1-19(2,3)14-8-9-16-17(12-14)21-11-10-13-6-4-5-7-15(13)18(21)20-16;1-4(2)3;1-2/h4-12H,1-3H3;1H2,2-3H3;1-2H3. The monoisotopic (exact) mass is 360 g/mol. The Balaban J connectivity index is 0.000000389. The van der Waals surface area contributed by atoms with Crippen molar-refractivity contribution in [3.05, 3.63) is 72.4 Å². The third-order valence-electron chi connectivity index (χ3n) is 4.16. The molecule has 2 heteroatoms. The first-order valence-electron chi connectivity index (χ1n) is 9.69. The summed E-state index contributed by atoms with van der Waals surface area (Å²) >= 11 is 0. The molecule has 2 aromatic heterocycles. The second-order valence-electron chi connectivity index (χ2n) is 7.87. The highest BCUT2D eigenvalue weighted by Crippen LogP contribution is 2.28. The van der Waals surface area contributed by atoms with Gasteiger partial charge in [0.05, 0.1) is 11.0 Å². The Labute approximate surface area is 163 Å². The van der Waals surface area contributed by atoms with E-state index in [0.29, 0.717) is 0 Å². The van der Waals surface area contributed by atoms with Crippen LogP contribution in [0.25, 0.3) is 27.5 Å². The van der Waals surface area contributed by atoms with Gasteiger partial charge in [0.1, 0.15) is 5.65 Å². The lowest BCUT2D eigenvalue weighted by Gasteiger charge is -2.18. The van der Waals surface area contributed by atoms with Crippen LogP contribution in [-0.4, -0.2) is 9.38 Å². The largest absolute Gasteiger partial charge is 0.299 e. The van der Waals surface area contributed by atoms with Crippen LogP contribution in [0, 0.1) is 0 Å². The SMILES string of the molecule is C=C(C)C.CC.CC(C)(C)c1ccc2nc3c4ccccc4ccn3c2c1. The second-order valence-corrected chi connectivity index (χ2v) is 7.87. The summed E-state index contributed by atoms with van der Waals surface area (Å²) in [6, 6.07) is 17.2. The van der Waals surface area contributed by atoms with E-state index in [0.717, 1.165) is 11.2 Å². The normalized spacial score (nSPS) is 10.9. The van der Waals surface area contributed by atoms with E-state index >= 15 is 0 Å². The van der Waals surface area contributed by atoms with Crippen LogP contribution in [0.2, 0.25) is 0 Å². The zero-order chi connectivity index (χ0) is 20.2. The van der Waals surface area contributed by atoms with Gasteiger partial charge in [0.25, 0.3) is 0 Å². The highest BCUT2D eigenvalue weighted by Gasteiger charge is 2.16. The van der Waals surface area contributed by atoms with E-state index in [1.807, 2.05) is 27.7 Å². The van der Waals surface area contributed by atoms with E-state index in [-0.39, 0.29) is 5.41 Å². The summed E-state index contributed by atoms with van der Waals surface area (Å²) in [7, 11) is 0. The minimum Gasteiger partial charge on any atom is -0.299 e. The molecular formula is C25H32N2. The van der Waals surface area contributed by atoms with Gasteiger partial charge in [-0.2, -0.15) is 0 Å². The van der Waals surface area contributed by atoms with Gasteiger partial charge in [0, 0.05) is 11.6 Å². The summed E-state index contributed by atoms with van der Waals surface area (Å²) in [4.78, 5) is 4.83. The molecule has 4 aromatic rings. The van der Waals surface area contributed by atoms with Crippen molar-refractivity contribution in [2.75, 3.05) is 0 Å². The number of imidazole rings is 1. The molecule has 0 spiro atoms. The lowest BCUT2D eigenvalue weighted by Crippen LogP contribution is -2.10. The molecule has 0 radical (unpaired) electrons. The number of pyridine rings is 1. The Bertz CT molecular complexity index is 1060. The fourth-order valence-corrected chi connectivity index (χ4v) is 2.90. The molecule has 2 nitrogen and oxygen atoms in total. The van der Waals surface area contributed by atoms with Crippen LogP contribution in [0.15, 0.2) is 66.9 Å². The first kappa shape index (κ1) is 20.7. The molecule has 142 valence electrons. The van der Waals surface area contributed by atoms with E-state index < -0.39 is 0 Å². The summed E-state index contributed by atoms with van der Waals surface area (Å²) in [5.74, 6) is 0. The van der Waals surface area contributed by atoms with Gasteiger partial charge < -0.3 is 0 Å². The average Bonchev–Trinajstić information content (AvgIpc) is 3.00. The van der Waals surface area contributed by atoms with Crippen molar-refractivity contribution < 1.29 is 0 Å². The maximum Gasteiger partial charge on any atom is 0.145 e. The molecule has 0 fully saturated rings. The van der Waals surface area contributed by atoms with Crippen LogP contribution in [0.3, 0.4) is 0 Å². The number of rotatable bonds is 0. The summed E-state index contributed by atoms with van der Waals surface area (Å²) in [6.45, 7) is 18.2. The molecule has 0 saturated heterocycles. The first-order chi connectivity index (χ1) is 12.8. The predicted octanol–water partition coefficient (Wildman–Crippen LogP) is 7.55. The van der Waals surface area contributed by atoms with Crippen LogP contribution in [0.5, 0.6) is 0 Å². The Kier molecular flexibility index (Phi) is 6.43. The lowest BCUT2D eigenvalue weighted by atomic mass is 9.87. The zero-order valence-electron chi connectivity index (χ0n) is 17.8. The molecule has 4 rings (SSSR count). The van der Waals surface area contributed by atoms with Crippen LogP contribution in [0.1, 0.15) is 54.0 Å². The van der Waals surface area contributed by atoms with Gasteiger partial charge in [0.15, 0.2) is 0 Å². The Morgan fingerprint density at radius 3 is 2.22 bits per heavy atom. The van der Waals surface area contributed by atoms with Gasteiger partial charge in [-0.05, 0) is 48.4 Å². The van der Waals surface area contributed by atoms with E-state index in [1.54, 1.807) is 0 Å². The molecule has 27 heavy (non-hydrogen) atoms. The number of hydrogen-bond acceptors (Lipinski definition) is 1. The summed E-state index contributed by atoms with van der Waals surface area (Å²) in [5.41, 5.74) is 5.93. The molecule has 0 atom stereocenters. The molecular weight excluding hydrogens is 328 g/mol. The van der Waals surface area contributed by atoms with E-state index in [9.17, 15) is 0 Å². The number of fused-ring (bicyclic) bond motifs is 5.